The minimum atomic E-state index is -1.91. The van der Waals surface area contributed by atoms with Crippen molar-refractivity contribution in [1.82, 2.24) is 4.72 Å². The molecule has 3 rings (SSSR count). The minimum Gasteiger partial charge on any atom is -0.480 e. The van der Waals surface area contributed by atoms with E-state index in [1.807, 2.05) is 54.6 Å². The Kier molecular flexibility index (Phi) is 5.22. The molecule has 0 amide bonds. The predicted octanol–water partition coefficient (Wildman–Crippen LogP) is 4.95. The van der Waals surface area contributed by atoms with Gasteiger partial charge in [0.25, 0.3) is 0 Å². The van der Waals surface area contributed by atoms with Gasteiger partial charge < -0.3 is 5.11 Å². The molecular formula is C21H21NO2S. The number of carbonyl (C=O) groups is 1. The lowest BCUT2D eigenvalue weighted by Crippen LogP contribution is -2.36. The van der Waals surface area contributed by atoms with Crippen LogP contribution in [-0.4, -0.2) is 17.1 Å². The molecule has 0 fully saturated rings. The third-order valence-electron chi connectivity index (χ3n) is 4.01. The van der Waals surface area contributed by atoms with Crippen LogP contribution in [0.5, 0.6) is 0 Å². The Hall–Kier alpha value is -2.56. The van der Waals surface area contributed by atoms with E-state index >= 15 is 0 Å². The quantitative estimate of drug-likeness (QED) is 0.661. The molecule has 0 radical (unpaired) electrons. The fourth-order valence-electron chi connectivity index (χ4n) is 2.80. The summed E-state index contributed by atoms with van der Waals surface area (Å²) in [5, 5.41) is 9.54. The molecule has 3 nitrogen and oxygen atoms in total. The molecule has 0 aromatic heterocycles. The molecule has 3 aromatic carbocycles. The average molecular weight is 351 g/mol. The lowest BCUT2D eigenvalue weighted by molar-refractivity contribution is -0.138. The maximum Gasteiger partial charge on any atom is 0.321 e. The molecule has 0 heterocycles. The van der Waals surface area contributed by atoms with Gasteiger partial charge in [-0.1, -0.05) is 54.6 Å². The highest BCUT2D eigenvalue weighted by Crippen LogP contribution is 2.65. The van der Waals surface area contributed by atoms with Gasteiger partial charge in [-0.05, 0) is 43.3 Å². The first-order valence-electron chi connectivity index (χ1n) is 8.13. The highest BCUT2D eigenvalue weighted by atomic mass is 32.3. The summed E-state index contributed by atoms with van der Waals surface area (Å²) in [6, 6.07) is 29.6. The van der Waals surface area contributed by atoms with E-state index in [1.165, 1.54) is 0 Å². The first-order valence-corrected chi connectivity index (χ1v) is 9.76. The molecule has 0 aliphatic heterocycles. The average Bonchev–Trinajstić information content (AvgIpc) is 2.68. The Morgan fingerprint density at radius 3 is 1.36 bits per heavy atom. The van der Waals surface area contributed by atoms with E-state index in [9.17, 15) is 9.90 Å². The predicted molar refractivity (Wildman–Crippen MR) is 102 cm³/mol. The summed E-state index contributed by atoms with van der Waals surface area (Å²) in [6.07, 6.45) is 0. The lowest BCUT2D eigenvalue weighted by atomic mass is 10.4. The zero-order chi connectivity index (χ0) is 17.7. The molecule has 0 spiro atoms. The van der Waals surface area contributed by atoms with Crippen LogP contribution in [0.4, 0.5) is 0 Å². The van der Waals surface area contributed by atoms with Crippen molar-refractivity contribution >= 4 is 16.2 Å². The molecule has 0 bridgehead atoms. The number of carboxylic acid groups (broad SMARTS) is 1. The van der Waals surface area contributed by atoms with Gasteiger partial charge in [-0.2, -0.15) is 0 Å². The van der Waals surface area contributed by atoms with Gasteiger partial charge in [-0.3, -0.25) is 9.52 Å². The molecule has 0 aliphatic carbocycles. The van der Waals surface area contributed by atoms with Crippen LogP contribution in [0, 0.1) is 0 Å². The zero-order valence-electron chi connectivity index (χ0n) is 14.0. The van der Waals surface area contributed by atoms with E-state index in [-0.39, 0.29) is 0 Å². The molecule has 1 atom stereocenters. The number of benzene rings is 3. The number of hydrogen-bond donors (Lipinski definition) is 2. The van der Waals surface area contributed by atoms with E-state index in [0.29, 0.717) is 0 Å². The molecular weight excluding hydrogens is 330 g/mol. The first kappa shape index (κ1) is 17.3. The molecule has 4 heteroatoms. The van der Waals surface area contributed by atoms with Gasteiger partial charge >= 0.3 is 5.97 Å². The molecule has 25 heavy (non-hydrogen) atoms. The van der Waals surface area contributed by atoms with Gasteiger partial charge in [0.2, 0.25) is 0 Å². The standard InChI is InChI=1S/C21H21NO2S/c1-17(21(23)24)22-25(18-11-5-2-6-12-18,19-13-7-3-8-14-19)20-15-9-4-10-16-20/h2-17,22H,1H3,(H,23,24)/t17-/m0/s1. The number of carboxylic acids is 1. The van der Waals surface area contributed by atoms with Gasteiger partial charge in [0.05, 0.1) is 0 Å². The minimum absolute atomic E-state index is 0.685. The first-order chi connectivity index (χ1) is 12.1. The molecule has 2 N–H and O–H groups in total. The van der Waals surface area contributed by atoms with Crippen molar-refractivity contribution in [2.45, 2.75) is 27.7 Å². The van der Waals surface area contributed by atoms with Gasteiger partial charge in [0.1, 0.15) is 6.04 Å². The van der Waals surface area contributed by atoms with Crippen molar-refractivity contribution in [2.75, 3.05) is 0 Å². The van der Waals surface area contributed by atoms with Crippen LogP contribution in [0.1, 0.15) is 6.92 Å². The molecule has 0 aliphatic rings. The topological polar surface area (TPSA) is 49.3 Å². The maximum atomic E-state index is 11.6. The Morgan fingerprint density at radius 1 is 0.760 bits per heavy atom. The molecule has 0 saturated carbocycles. The third-order valence-corrected chi connectivity index (χ3v) is 7.66. The van der Waals surface area contributed by atoms with Crippen molar-refractivity contribution < 1.29 is 9.90 Å². The lowest BCUT2D eigenvalue weighted by Gasteiger charge is -2.43. The van der Waals surface area contributed by atoms with Crippen molar-refractivity contribution in [2.24, 2.45) is 0 Å². The largest absolute Gasteiger partial charge is 0.480 e. The van der Waals surface area contributed by atoms with Gasteiger partial charge in [-0.25, -0.2) is 0 Å². The Balaban J connectivity index is 2.29. The van der Waals surface area contributed by atoms with Crippen molar-refractivity contribution in [3.8, 4) is 0 Å². The number of hydrogen-bond acceptors (Lipinski definition) is 2. The van der Waals surface area contributed by atoms with Crippen LogP contribution in [-0.2, 0) is 4.79 Å². The molecule has 0 unspecified atom stereocenters. The summed E-state index contributed by atoms with van der Waals surface area (Å²) in [7, 11) is -1.91. The molecule has 128 valence electrons. The molecule has 3 aromatic rings. The highest BCUT2D eigenvalue weighted by Gasteiger charge is 2.33. The molecule has 0 saturated heterocycles. The second kappa shape index (κ2) is 7.55. The second-order valence-electron chi connectivity index (χ2n) is 5.73. The van der Waals surface area contributed by atoms with E-state index in [1.54, 1.807) is 6.92 Å². The van der Waals surface area contributed by atoms with E-state index in [2.05, 4.69) is 41.1 Å². The Labute approximate surface area is 149 Å². The van der Waals surface area contributed by atoms with Gasteiger partial charge in [0.15, 0.2) is 0 Å². The Bertz CT molecular complexity index is 726. The third kappa shape index (κ3) is 3.45. The number of rotatable bonds is 6. The highest BCUT2D eigenvalue weighted by molar-refractivity contribution is 8.32. The summed E-state index contributed by atoms with van der Waals surface area (Å²) in [6.45, 7) is 1.69. The smallest absolute Gasteiger partial charge is 0.321 e. The SMILES string of the molecule is C[C@H](NS(c1ccccc1)(c1ccccc1)c1ccccc1)C(=O)O. The van der Waals surface area contributed by atoms with Crippen molar-refractivity contribution in [3.63, 3.8) is 0 Å². The normalized spacial score (nSPS) is 13.2. The van der Waals surface area contributed by atoms with E-state index < -0.39 is 22.2 Å². The Morgan fingerprint density at radius 2 is 1.08 bits per heavy atom. The van der Waals surface area contributed by atoms with E-state index in [0.717, 1.165) is 14.7 Å². The number of nitrogens with one attached hydrogen (secondary N) is 1. The summed E-state index contributed by atoms with van der Waals surface area (Å²) in [5.41, 5.74) is 0. The zero-order valence-corrected chi connectivity index (χ0v) is 14.8. The summed E-state index contributed by atoms with van der Waals surface area (Å²) >= 11 is 0. The van der Waals surface area contributed by atoms with Crippen LogP contribution in [0.2, 0.25) is 0 Å². The van der Waals surface area contributed by atoms with Crippen molar-refractivity contribution in [1.29, 1.82) is 0 Å². The monoisotopic (exact) mass is 351 g/mol. The van der Waals surface area contributed by atoms with Gasteiger partial charge in [-0.15, -0.1) is 10.2 Å². The van der Waals surface area contributed by atoms with Crippen LogP contribution in [0.3, 0.4) is 0 Å². The maximum absolute atomic E-state index is 11.6. The second-order valence-corrected chi connectivity index (χ2v) is 8.60. The summed E-state index contributed by atoms with van der Waals surface area (Å²) in [5.74, 6) is -0.861. The van der Waals surface area contributed by atoms with Gasteiger partial charge in [0, 0.05) is 14.7 Å². The van der Waals surface area contributed by atoms with Crippen LogP contribution in [0.15, 0.2) is 106 Å². The van der Waals surface area contributed by atoms with Crippen LogP contribution >= 0.6 is 10.2 Å². The fraction of sp³-hybridized carbons (Fsp3) is 0.0952. The van der Waals surface area contributed by atoms with Crippen LogP contribution < -0.4 is 4.72 Å². The van der Waals surface area contributed by atoms with Crippen molar-refractivity contribution in [3.05, 3.63) is 91.0 Å². The van der Waals surface area contributed by atoms with E-state index in [4.69, 9.17) is 0 Å². The summed E-state index contributed by atoms with van der Waals surface area (Å²) < 4.78 is 3.46. The summed E-state index contributed by atoms with van der Waals surface area (Å²) in [4.78, 5) is 14.9. The fourth-order valence-corrected chi connectivity index (χ4v) is 6.35. The van der Waals surface area contributed by atoms with Crippen LogP contribution in [0.25, 0.3) is 0 Å². The number of aliphatic carboxylic acids is 1.